The SMILES string of the molecule is C[C@H](Oc1ccc(F)cc1)C(=O)NNC(=O)COc1ccc(F)cc1Cl. The van der Waals surface area contributed by atoms with Crippen molar-refractivity contribution in [2.75, 3.05) is 6.61 Å². The van der Waals surface area contributed by atoms with Crippen molar-refractivity contribution in [1.29, 1.82) is 0 Å². The summed E-state index contributed by atoms with van der Waals surface area (Å²) in [5.74, 6) is -1.82. The number of benzene rings is 2. The molecule has 6 nitrogen and oxygen atoms in total. The molecule has 0 heterocycles. The molecule has 0 aliphatic rings. The summed E-state index contributed by atoms with van der Waals surface area (Å²) in [6.45, 7) is 1.01. The molecule has 0 radical (unpaired) electrons. The average Bonchev–Trinajstić information content (AvgIpc) is 2.60. The Morgan fingerprint density at radius 1 is 1.08 bits per heavy atom. The van der Waals surface area contributed by atoms with E-state index in [-0.39, 0.29) is 10.8 Å². The van der Waals surface area contributed by atoms with E-state index in [1.807, 2.05) is 0 Å². The number of rotatable bonds is 6. The van der Waals surface area contributed by atoms with Crippen LogP contribution in [0.2, 0.25) is 5.02 Å². The Balaban J connectivity index is 1.75. The Bertz CT molecular complexity index is 787. The lowest BCUT2D eigenvalue weighted by Gasteiger charge is -2.15. The quantitative estimate of drug-likeness (QED) is 0.751. The van der Waals surface area contributed by atoms with Crippen molar-refractivity contribution in [1.82, 2.24) is 10.9 Å². The lowest BCUT2D eigenvalue weighted by Crippen LogP contribution is -2.48. The number of hydrogen-bond acceptors (Lipinski definition) is 4. The molecule has 9 heteroatoms. The standard InChI is InChI=1S/C17H15ClF2N2O4/c1-10(26-13-5-2-11(19)3-6-13)17(24)22-21-16(23)9-25-15-7-4-12(20)8-14(15)18/h2-8,10H,9H2,1H3,(H,21,23)(H,22,24)/t10-/m0/s1. The molecule has 138 valence electrons. The van der Waals surface area contributed by atoms with Crippen LogP contribution < -0.4 is 20.3 Å². The van der Waals surface area contributed by atoms with E-state index in [1.165, 1.54) is 37.3 Å². The van der Waals surface area contributed by atoms with Gasteiger partial charge in [0.25, 0.3) is 11.8 Å². The van der Waals surface area contributed by atoms with Gasteiger partial charge in [-0.2, -0.15) is 0 Å². The van der Waals surface area contributed by atoms with Crippen molar-refractivity contribution in [2.24, 2.45) is 0 Å². The highest BCUT2D eigenvalue weighted by molar-refractivity contribution is 6.32. The Hall–Kier alpha value is -2.87. The first-order valence-electron chi connectivity index (χ1n) is 7.44. The molecular formula is C17H15ClF2N2O4. The van der Waals surface area contributed by atoms with Gasteiger partial charge >= 0.3 is 0 Å². The molecule has 0 aliphatic heterocycles. The van der Waals surface area contributed by atoms with Gasteiger partial charge in [-0.1, -0.05) is 11.6 Å². The summed E-state index contributed by atoms with van der Waals surface area (Å²) in [6.07, 6.45) is -0.937. The third-order valence-corrected chi connectivity index (χ3v) is 3.37. The van der Waals surface area contributed by atoms with Crippen LogP contribution in [0.25, 0.3) is 0 Å². The van der Waals surface area contributed by atoms with Crippen LogP contribution in [0.5, 0.6) is 11.5 Å². The van der Waals surface area contributed by atoms with Crippen molar-refractivity contribution in [3.63, 3.8) is 0 Å². The maximum absolute atomic E-state index is 12.9. The second kappa shape index (κ2) is 9.00. The monoisotopic (exact) mass is 384 g/mol. The van der Waals surface area contributed by atoms with Gasteiger partial charge in [0.05, 0.1) is 5.02 Å². The zero-order valence-corrected chi connectivity index (χ0v) is 14.3. The molecule has 2 rings (SSSR count). The van der Waals surface area contributed by atoms with E-state index in [2.05, 4.69) is 10.9 Å². The number of hydrazine groups is 1. The van der Waals surface area contributed by atoms with Crippen LogP contribution in [0.1, 0.15) is 6.92 Å². The summed E-state index contributed by atoms with van der Waals surface area (Å²) in [7, 11) is 0. The minimum Gasteiger partial charge on any atom is -0.482 e. The molecular weight excluding hydrogens is 370 g/mol. The highest BCUT2D eigenvalue weighted by Gasteiger charge is 2.16. The number of ether oxygens (including phenoxy) is 2. The number of hydrogen-bond donors (Lipinski definition) is 2. The van der Waals surface area contributed by atoms with Crippen molar-refractivity contribution in [3.05, 3.63) is 59.1 Å². The minimum absolute atomic E-state index is 0.0168. The van der Waals surface area contributed by atoms with E-state index < -0.39 is 36.2 Å². The molecule has 2 aromatic rings. The molecule has 2 amide bonds. The number of halogens is 3. The molecule has 0 bridgehead atoms. The van der Waals surface area contributed by atoms with Crippen molar-refractivity contribution < 1.29 is 27.8 Å². The number of nitrogens with one attached hydrogen (secondary N) is 2. The Kier molecular flexibility index (Phi) is 6.74. The van der Waals surface area contributed by atoms with Gasteiger partial charge in [-0.05, 0) is 49.4 Å². The van der Waals surface area contributed by atoms with Gasteiger partial charge in [-0.3, -0.25) is 20.4 Å². The van der Waals surface area contributed by atoms with Crippen LogP contribution in [-0.2, 0) is 9.59 Å². The highest BCUT2D eigenvalue weighted by Crippen LogP contribution is 2.24. The minimum atomic E-state index is -0.937. The normalized spacial score (nSPS) is 11.4. The third kappa shape index (κ3) is 5.89. The van der Waals surface area contributed by atoms with Gasteiger partial charge in [0, 0.05) is 0 Å². The van der Waals surface area contributed by atoms with E-state index in [4.69, 9.17) is 21.1 Å². The lowest BCUT2D eigenvalue weighted by atomic mass is 10.3. The molecule has 0 spiro atoms. The van der Waals surface area contributed by atoms with Crippen molar-refractivity contribution in [2.45, 2.75) is 13.0 Å². The molecule has 0 aliphatic carbocycles. The van der Waals surface area contributed by atoms with E-state index >= 15 is 0 Å². The molecule has 0 unspecified atom stereocenters. The predicted molar refractivity (Wildman–Crippen MR) is 89.7 cm³/mol. The molecule has 0 saturated carbocycles. The molecule has 2 aromatic carbocycles. The fourth-order valence-electron chi connectivity index (χ4n) is 1.78. The predicted octanol–water partition coefficient (Wildman–Crippen LogP) is 2.61. The highest BCUT2D eigenvalue weighted by atomic mass is 35.5. The van der Waals surface area contributed by atoms with Crippen LogP contribution in [0.3, 0.4) is 0 Å². The van der Waals surface area contributed by atoms with E-state index in [0.717, 1.165) is 12.1 Å². The Labute approximate surface area is 153 Å². The smallest absolute Gasteiger partial charge is 0.279 e. The lowest BCUT2D eigenvalue weighted by molar-refractivity contribution is -0.133. The molecule has 0 aromatic heterocycles. The zero-order chi connectivity index (χ0) is 19.1. The van der Waals surface area contributed by atoms with Crippen LogP contribution in [0.4, 0.5) is 8.78 Å². The van der Waals surface area contributed by atoms with Gasteiger partial charge in [-0.25, -0.2) is 8.78 Å². The number of amides is 2. The van der Waals surface area contributed by atoms with Gasteiger partial charge in [-0.15, -0.1) is 0 Å². The summed E-state index contributed by atoms with van der Waals surface area (Å²) < 4.78 is 36.2. The Morgan fingerprint density at radius 3 is 2.38 bits per heavy atom. The number of carbonyl (C=O) groups is 2. The fraction of sp³-hybridized carbons (Fsp3) is 0.176. The van der Waals surface area contributed by atoms with Crippen LogP contribution >= 0.6 is 11.6 Å². The summed E-state index contributed by atoms with van der Waals surface area (Å²) in [5.41, 5.74) is 4.30. The van der Waals surface area contributed by atoms with Crippen LogP contribution in [0.15, 0.2) is 42.5 Å². The first kappa shape index (κ1) is 19.5. The number of carbonyl (C=O) groups excluding carboxylic acids is 2. The first-order valence-corrected chi connectivity index (χ1v) is 7.81. The largest absolute Gasteiger partial charge is 0.482 e. The van der Waals surface area contributed by atoms with Crippen LogP contribution in [0, 0.1) is 11.6 Å². The molecule has 1 atom stereocenters. The van der Waals surface area contributed by atoms with Crippen molar-refractivity contribution >= 4 is 23.4 Å². The third-order valence-electron chi connectivity index (χ3n) is 3.07. The second-order valence-electron chi connectivity index (χ2n) is 5.11. The second-order valence-corrected chi connectivity index (χ2v) is 5.52. The maximum Gasteiger partial charge on any atom is 0.279 e. The molecule has 0 saturated heterocycles. The molecule has 26 heavy (non-hydrogen) atoms. The summed E-state index contributed by atoms with van der Waals surface area (Å²) in [5, 5.41) is 0.0168. The van der Waals surface area contributed by atoms with Gasteiger partial charge in [0.15, 0.2) is 12.7 Å². The fourth-order valence-corrected chi connectivity index (χ4v) is 2.00. The average molecular weight is 385 g/mol. The van der Waals surface area contributed by atoms with Gasteiger partial charge in [0.2, 0.25) is 0 Å². The molecule has 0 fully saturated rings. The van der Waals surface area contributed by atoms with E-state index in [9.17, 15) is 18.4 Å². The maximum atomic E-state index is 12.9. The topological polar surface area (TPSA) is 76.7 Å². The van der Waals surface area contributed by atoms with Crippen molar-refractivity contribution in [3.8, 4) is 11.5 Å². The van der Waals surface area contributed by atoms with Crippen LogP contribution in [-0.4, -0.2) is 24.5 Å². The Morgan fingerprint density at radius 2 is 1.73 bits per heavy atom. The summed E-state index contributed by atoms with van der Waals surface area (Å²) in [4.78, 5) is 23.5. The van der Waals surface area contributed by atoms with E-state index in [1.54, 1.807) is 0 Å². The van der Waals surface area contributed by atoms with Gasteiger partial charge in [0.1, 0.15) is 23.1 Å². The summed E-state index contributed by atoms with van der Waals surface area (Å²) >= 11 is 5.76. The zero-order valence-electron chi connectivity index (χ0n) is 13.6. The molecule has 2 N–H and O–H groups in total. The first-order chi connectivity index (χ1) is 12.3. The summed E-state index contributed by atoms with van der Waals surface area (Å²) in [6, 6.07) is 8.60. The van der Waals surface area contributed by atoms with E-state index in [0.29, 0.717) is 5.75 Å². The van der Waals surface area contributed by atoms with Gasteiger partial charge < -0.3 is 9.47 Å².